The zero-order valence-electron chi connectivity index (χ0n) is 12.8. The van der Waals surface area contributed by atoms with E-state index >= 15 is 0 Å². The van der Waals surface area contributed by atoms with E-state index in [9.17, 15) is 19.7 Å². The minimum absolute atomic E-state index is 0.00332. The summed E-state index contributed by atoms with van der Waals surface area (Å²) in [6, 6.07) is 3.44. The summed E-state index contributed by atoms with van der Waals surface area (Å²) in [4.78, 5) is 35.7. The van der Waals surface area contributed by atoms with Crippen LogP contribution in [0.25, 0.3) is 0 Å². The van der Waals surface area contributed by atoms with Gasteiger partial charge in [0.05, 0.1) is 17.6 Å². The molecule has 1 aromatic rings. The normalized spacial score (nSPS) is 17.5. The fraction of sp³-hybridized carbons (Fsp3) is 0.429. The van der Waals surface area contributed by atoms with Gasteiger partial charge in [-0.05, 0) is 13.0 Å². The number of piperazine rings is 1. The molecule has 1 aliphatic heterocycles. The van der Waals surface area contributed by atoms with Gasteiger partial charge in [-0.15, -0.1) is 0 Å². The molecule has 0 aromatic heterocycles. The molecule has 1 aliphatic rings. The van der Waals surface area contributed by atoms with Crippen molar-refractivity contribution in [3.8, 4) is 5.75 Å². The number of nitro groups is 1. The number of ether oxygens (including phenoxy) is 2. The summed E-state index contributed by atoms with van der Waals surface area (Å²) in [6.45, 7) is 3.53. The van der Waals surface area contributed by atoms with Gasteiger partial charge >= 0.3 is 17.7 Å². The largest absolute Gasteiger partial charge is 0.490 e. The highest BCUT2D eigenvalue weighted by atomic mass is 16.6. The summed E-state index contributed by atoms with van der Waals surface area (Å²) in [6.07, 6.45) is -0.735. The van der Waals surface area contributed by atoms with E-state index in [0.29, 0.717) is 19.6 Å². The van der Waals surface area contributed by atoms with Gasteiger partial charge in [-0.2, -0.15) is 0 Å². The van der Waals surface area contributed by atoms with Crippen LogP contribution in [0.3, 0.4) is 0 Å². The molecule has 1 unspecified atom stereocenters. The van der Waals surface area contributed by atoms with Crippen molar-refractivity contribution in [3.05, 3.63) is 33.9 Å². The maximum atomic E-state index is 12.0. The first-order valence-electron chi connectivity index (χ1n) is 7.00. The quantitative estimate of drug-likeness (QED) is 0.385. The molecule has 1 amide bonds. The Labute approximate surface area is 132 Å². The summed E-state index contributed by atoms with van der Waals surface area (Å²) < 4.78 is 9.72. The molecule has 0 bridgehead atoms. The van der Waals surface area contributed by atoms with Crippen LogP contribution in [-0.2, 0) is 4.74 Å². The van der Waals surface area contributed by atoms with Crippen molar-refractivity contribution in [3.63, 3.8) is 0 Å². The lowest BCUT2D eigenvalue weighted by atomic mass is 10.2. The number of amides is 1. The molecule has 0 saturated carbocycles. The number of rotatable bonds is 3. The van der Waals surface area contributed by atoms with Crippen molar-refractivity contribution in [2.45, 2.75) is 13.0 Å². The Morgan fingerprint density at radius 1 is 1.43 bits per heavy atom. The van der Waals surface area contributed by atoms with Crippen LogP contribution in [0.5, 0.6) is 5.75 Å². The minimum Gasteiger partial charge on any atom is -0.490 e. The smallest absolute Gasteiger partial charge is 0.418 e. The van der Waals surface area contributed by atoms with Crippen LogP contribution in [0.1, 0.15) is 17.3 Å². The molecule has 124 valence electrons. The Kier molecular flexibility index (Phi) is 5.12. The molecule has 1 atom stereocenters. The second-order valence-corrected chi connectivity index (χ2v) is 5.05. The van der Waals surface area contributed by atoms with Gasteiger partial charge in [0.1, 0.15) is 0 Å². The molecule has 9 nitrogen and oxygen atoms in total. The van der Waals surface area contributed by atoms with Gasteiger partial charge in [0.15, 0.2) is 5.75 Å². The second-order valence-electron chi connectivity index (χ2n) is 5.05. The molecule has 1 saturated heterocycles. The van der Waals surface area contributed by atoms with Crippen LogP contribution in [0, 0.1) is 10.1 Å². The number of methoxy groups -OCH3 is 1. The van der Waals surface area contributed by atoms with Crippen LogP contribution in [0.4, 0.5) is 10.5 Å². The van der Waals surface area contributed by atoms with Crippen molar-refractivity contribution < 1.29 is 24.0 Å². The van der Waals surface area contributed by atoms with E-state index in [1.165, 1.54) is 24.1 Å². The third-order valence-electron chi connectivity index (χ3n) is 3.53. The lowest BCUT2D eigenvalue weighted by Gasteiger charge is -2.32. The fourth-order valence-corrected chi connectivity index (χ4v) is 2.26. The number of nitrogens with zero attached hydrogens (tertiary/aromatic N) is 2. The first kappa shape index (κ1) is 16.7. The van der Waals surface area contributed by atoms with Gasteiger partial charge in [0.2, 0.25) is 0 Å². The Morgan fingerprint density at radius 2 is 2.17 bits per heavy atom. The summed E-state index contributed by atoms with van der Waals surface area (Å²) in [5, 5.41) is 13.9. The van der Waals surface area contributed by atoms with Crippen molar-refractivity contribution in [1.82, 2.24) is 10.2 Å². The van der Waals surface area contributed by atoms with Gasteiger partial charge in [-0.3, -0.25) is 10.1 Å². The molecule has 23 heavy (non-hydrogen) atoms. The topological polar surface area (TPSA) is 111 Å². The minimum atomic E-state index is -0.881. The van der Waals surface area contributed by atoms with Crippen molar-refractivity contribution in [1.29, 1.82) is 0 Å². The lowest BCUT2D eigenvalue weighted by Crippen LogP contribution is -2.52. The summed E-state index contributed by atoms with van der Waals surface area (Å²) in [5.74, 6) is -0.957. The van der Waals surface area contributed by atoms with Crippen LogP contribution in [0.2, 0.25) is 0 Å². The molecule has 1 N–H and O–H groups in total. The van der Waals surface area contributed by atoms with E-state index in [1.54, 1.807) is 0 Å². The predicted molar refractivity (Wildman–Crippen MR) is 79.5 cm³/mol. The summed E-state index contributed by atoms with van der Waals surface area (Å²) in [5.41, 5.74) is -0.269. The van der Waals surface area contributed by atoms with Gasteiger partial charge in [-0.25, -0.2) is 9.59 Å². The molecular formula is C14H17N3O6. The number of carbonyl (C=O) groups excluding carboxylic acids is 2. The predicted octanol–water partition coefficient (Wildman–Crippen LogP) is 1.17. The van der Waals surface area contributed by atoms with Crippen LogP contribution in [-0.4, -0.2) is 54.7 Å². The number of esters is 1. The number of nitrogens with one attached hydrogen (secondary N) is 1. The summed E-state index contributed by atoms with van der Waals surface area (Å²) >= 11 is 0. The molecule has 1 fully saturated rings. The molecule has 0 spiro atoms. The molecule has 2 rings (SSSR count). The number of hydrogen-bond acceptors (Lipinski definition) is 7. The zero-order chi connectivity index (χ0) is 17.0. The first-order valence-corrected chi connectivity index (χ1v) is 7.00. The standard InChI is InChI=1S/C14H17N3O6/c1-9-8-15-5-6-16(9)14(19)23-13(18)10-3-4-11(17(20)21)12(7-10)22-2/h3-4,7,9,15H,5-6,8H2,1-2H3. The van der Waals surface area contributed by atoms with Crippen molar-refractivity contribution >= 4 is 17.7 Å². The second kappa shape index (κ2) is 7.05. The Balaban J connectivity index is 2.11. The summed E-state index contributed by atoms with van der Waals surface area (Å²) in [7, 11) is 1.25. The van der Waals surface area contributed by atoms with Gasteiger partial charge < -0.3 is 19.7 Å². The molecule has 1 heterocycles. The SMILES string of the molecule is COc1cc(C(=O)OC(=O)N2CCNCC2C)ccc1[N+](=O)[O-]. The monoisotopic (exact) mass is 323 g/mol. The maximum absolute atomic E-state index is 12.0. The highest BCUT2D eigenvalue weighted by Crippen LogP contribution is 2.27. The van der Waals surface area contributed by atoms with E-state index in [-0.39, 0.29) is 23.0 Å². The van der Waals surface area contributed by atoms with Crippen molar-refractivity contribution in [2.75, 3.05) is 26.7 Å². The number of benzene rings is 1. The Hall–Kier alpha value is -2.68. The van der Waals surface area contributed by atoms with E-state index in [4.69, 9.17) is 9.47 Å². The van der Waals surface area contributed by atoms with E-state index < -0.39 is 17.0 Å². The molecule has 9 heteroatoms. The van der Waals surface area contributed by atoms with Crippen LogP contribution in [0.15, 0.2) is 18.2 Å². The molecular weight excluding hydrogens is 306 g/mol. The van der Waals surface area contributed by atoms with Gasteiger partial charge in [0, 0.05) is 37.8 Å². The molecule has 1 aromatic carbocycles. The van der Waals surface area contributed by atoms with Gasteiger partial charge in [-0.1, -0.05) is 0 Å². The van der Waals surface area contributed by atoms with Gasteiger partial charge in [0.25, 0.3) is 0 Å². The van der Waals surface area contributed by atoms with E-state index in [1.807, 2.05) is 6.92 Å². The van der Waals surface area contributed by atoms with Crippen LogP contribution < -0.4 is 10.1 Å². The number of hydrogen-bond donors (Lipinski definition) is 1. The van der Waals surface area contributed by atoms with Crippen LogP contribution >= 0.6 is 0 Å². The molecule has 0 aliphatic carbocycles. The third kappa shape index (κ3) is 3.75. The maximum Gasteiger partial charge on any atom is 0.418 e. The van der Waals surface area contributed by atoms with E-state index in [2.05, 4.69) is 5.32 Å². The zero-order valence-corrected chi connectivity index (χ0v) is 12.8. The highest BCUT2D eigenvalue weighted by molar-refractivity contribution is 5.97. The Morgan fingerprint density at radius 3 is 2.78 bits per heavy atom. The third-order valence-corrected chi connectivity index (χ3v) is 3.53. The first-order chi connectivity index (χ1) is 10.9. The van der Waals surface area contributed by atoms with Crippen molar-refractivity contribution in [2.24, 2.45) is 0 Å². The van der Waals surface area contributed by atoms with E-state index in [0.717, 1.165) is 6.07 Å². The lowest BCUT2D eigenvalue weighted by molar-refractivity contribution is -0.385. The highest BCUT2D eigenvalue weighted by Gasteiger charge is 2.27. The number of carbonyl (C=O) groups is 2. The fourth-order valence-electron chi connectivity index (χ4n) is 2.26. The average Bonchev–Trinajstić information content (AvgIpc) is 2.54. The number of nitro benzene ring substituents is 1. The Bertz CT molecular complexity index is 633. The molecule has 0 radical (unpaired) electrons. The average molecular weight is 323 g/mol.